The Morgan fingerprint density at radius 3 is 2.47 bits per heavy atom. The van der Waals surface area contributed by atoms with E-state index in [1.165, 1.54) is 0 Å². The molecule has 0 bridgehead atoms. The predicted molar refractivity (Wildman–Crippen MR) is 125 cm³/mol. The lowest BCUT2D eigenvalue weighted by Gasteiger charge is -2.36. The van der Waals surface area contributed by atoms with E-state index in [4.69, 9.17) is 9.47 Å². The number of piperazine rings is 1. The number of benzene rings is 2. The summed E-state index contributed by atoms with van der Waals surface area (Å²) in [7, 11) is 0. The van der Waals surface area contributed by atoms with Crippen LogP contribution in [0.25, 0.3) is 0 Å². The fourth-order valence-electron chi connectivity index (χ4n) is 4.31. The van der Waals surface area contributed by atoms with Crippen LogP contribution in [0.3, 0.4) is 0 Å². The molecule has 32 heavy (non-hydrogen) atoms. The summed E-state index contributed by atoms with van der Waals surface area (Å²) in [5.41, 5.74) is 1.88. The smallest absolute Gasteiger partial charge is 0.234 e. The van der Waals surface area contributed by atoms with Gasteiger partial charge in [0.25, 0.3) is 0 Å². The molecule has 2 N–H and O–H groups in total. The summed E-state index contributed by atoms with van der Waals surface area (Å²) in [6, 6.07) is 13.3. The van der Waals surface area contributed by atoms with E-state index >= 15 is 0 Å². The third-order valence-corrected chi connectivity index (χ3v) is 6.08. The van der Waals surface area contributed by atoms with Crippen molar-refractivity contribution in [2.24, 2.45) is 5.92 Å². The van der Waals surface area contributed by atoms with Gasteiger partial charge >= 0.3 is 0 Å². The summed E-state index contributed by atoms with van der Waals surface area (Å²) in [6.07, 6.45) is 0.867. The minimum Gasteiger partial charge on any atom is -0.506 e. The highest BCUT2D eigenvalue weighted by molar-refractivity contribution is 5.78. The van der Waals surface area contributed by atoms with Crippen molar-refractivity contribution < 1.29 is 19.4 Å². The molecule has 1 amide bonds. The van der Waals surface area contributed by atoms with Crippen molar-refractivity contribution in [3.63, 3.8) is 0 Å². The van der Waals surface area contributed by atoms with Gasteiger partial charge in [-0.1, -0.05) is 32.0 Å². The number of anilines is 1. The normalized spacial score (nSPS) is 17.7. The van der Waals surface area contributed by atoms with Gasteiger partial charge in [-0.3, -0.25) is 9.69 Å². The molecule has 7 heteroatoms. The van der Waals surface area contributed by atoms with E-state index in [2.05, 4.69) is 29.0 Å². The van der Waals surface area contributed by atoms with E-state index in [9.17, 15) is 9.90 Å². The maximum Gasteiger partial charge on any atom is 0.234 e. The summed E-state index contributed by atoms with van der Waals surface area (Å²) in [5.74, 6) is 2.07. The molecule has 1 saturated heterocycles. The molecular formula is C25H33N3O4. The van der Waals surface area contributed by atoms with Gasteiger partial charge in [0.15, 0.2) is 11.5 Å². The molecule has 0 aromatic heterocycles. The minimum atomic E-state index is -0.0952. The van der Waals surface area contributed by atoms with Gasteiger partial charge in [-0.15, -0.1) is 0 Å². The first kappa shape index (κ1) is 22.3. The van der Waals surface area contributed by atoms with Gasteiger partial charge < -0.3 is 24.8 Å². The number of amides is 1. The highest BCUT2D eigenvalue weighted by Crippen LogP contribution is 2.34. The number of nitrogens with zero attached hydrogens (tertiary/aromatic N) is 2. The van der Waals surface area contributed by atoms with Crippen molar-refractivity contribution in [1.82, 2.24) is 10.2 Å². The summed E-state index contributed by atoms with van der Waals surface area (Å²) < 4.78 is 11.6. The van der Waals surface area contributed by atoms with Gasteiger partial charge in [0.1, 0.15) is 5.75 Å². The Morgan fingerprint density at radius 1 is 1.03 bits per heavy atom. The van der Waals surface area contributed by atoms with Crippen molar-refractivity contribution in [3.8, 4) is 17.2 Å². The van der Waals surface area contributed by atoms with Crippen molar-refractivity contribution in [2.45, 2.75) is 26.3 Å². The van der Waals surface area contributed by atoms with Crippen LogP contribution in [-0.2, 0) is 4.79 Å². The Labute approximate surface area is 189 Å². The Hall–Kier alpha value is -2.93. The topological polar surface area (TPSA) is 74.3 Å². The van der Waals surface area contributed by atoms with Crippen LogP contribution in [0.15, 0.2) is 42.5 Å². The van der Waals surface area contributed by atoms with E-state index in [-0.39, 0.29) is 17.9 Å². The van der Waals surface area contributed by atoms with Crippen LogP contribution in [0.4, 0.5) is 5.69 Å². The van der Waals surface area contributed by atoms with E-state index < -0.39 is 0 Å². The number of nitrogens with one attached hydrogen (secondary N) is 1. The Bertz CT molecular complexity index is 925. The number of rotatable bonds is 6. The van der Waals surface area contributed by atoms with Gasteiger partial charge in [0.2, 0.25) is 5.91 Å². The van der Waals surface area contributed by atoms with Crippen LogP contribution in [0.2, 0.25) is 0 Å². The van der Waals surface area contributed by atoms with E-state index in [0.717, 1.165) is 55.3 Å². The molecule has 2 aliphatic heterocycles. The second kappa shape index (κ2) is 10.1. The highest BCUT2D eigenvalue weighted by atomic mass is 16.5. The molecule has 1 atom stereocenters. The quantitative estimate of drug-likeness (QED) is 0.720. The second-order valence-corrected chi connectivity index (χ2v) is 8.80. The number of fused-ring (bicyclic) bond motifs is 1. The number of phenolic OH excluding ortho intramolecular Hbond substituents is 1. The molecule has 1 fully saturated rings. The van der Waals surface area contributed by atoms with Crippen LogP contribution < -0.4 is 19.7 Å². The first-order valence-electron chi connectivity index (χ1n) is 11.5. The van der Waals surface area contributed by atoms with Crippen molar-refractivity contribution in [3.05, 3.63) is 48.0 Å². The first-order chi connectivity index (χ1) is 15.5. The number of phenols is 1. The van der Waals surface area contributed by atoms with Gasteiger partial charge in [-0.05, 0) is 35.7 Å². The summed E-state index contributed by atoms with van der Waals surface area (Å²) in [5, 5.41) is 13.3. The molecule has 2 aromatic carbocycles. The number of hydrogen-bond acceptors (Lipinski definition) is 6. The number of ether oxygens (including phenoxy) is 2. The molecule has 2 aliphatic rings. The van der Waals surface area contributed by atoms with E-state index in [0.29, 0.717) is 25.5 Å². The van der Waals surface area contributed by atoms with Crippen LogP contribution in [-0.4, -0.2) is 61.9 Å². The zero-order valence-corrected chi connectivity index (χ0v) is 18.9. The lowest BCUT2D eigenvalue weighted by Crippen LogP contribution is -2.50. The average molecular weight is 440 g/mol. The zero-order valence-electron chi connectivity index (χ0n) is 18.9. The van der Waals surface area contributed by atoms with Gasteiger partial charge in [0.05, 0.1) is 31.5 Å². The summed E-state index contributed by atoms with van der Waals surface area (Å²) >= 11 is 0. The predicted octanol–water partition coefficient (Wildman–Crippen LogP) is 3.19. The van der Waals surface area contributed by atoms with E-state index in [1.54, 1.807) is 6.07 Å². The summed E-state index contributed by atoms with van der Waals surface area (Å²) in [6.45, 7) is 8.99. The SMILES string of the molecule is CC(C)[C@H](NC(=O)CN1CCN(c2ccccc2O)CC1)c1ccc2c(c1)OCCCO2. The monoisotopic (exact) mass is 439 g/mol. The lowest BCUT2D eigenvalue weighted by atomic mass is 9.95. The lowest BCUT2D eigenvalue weighted by molar-refractivity contribution is -0.123. The molecule has 4 rings (SSSR count). The van der Waals surface area contributed by atoms with Gasteiger partial charge in [0, 0.05) is 32.6 Å². The number of carbonyl (C=O) groups is 1. The van der Waals surface area contributed by atoms with Crippen LogP contribution in [0.5, 0.6) is 17.2 Å². The Balaban J connectivity index is 1.34. The molecule has 0 saturated carbocycles. The molecule has 2 heterocycles. The van der Waals surface area contributed by atoms with Crippen molar-refractivity contribution >= 4 is 11.6 Å². The Morgan fingerprint density at radius 2 is 1.75 bits per heavy atom. The maximum atomic E-state index is 12.9. The number of hydrogen-bond donors (Lipinski definition) is 2. The largest absolute Gasteiger partial charge is 0.506 e. The first-order valence-corrected chi connectivity index (χ1v) is 11.5. The fraction of sp³-hybridized carbons (Fsp3) is 0.480. The molecule has 172 valence electrons. The molecule has 0 unspecified atom stereocenters. The zero-order chi connectivity index (χ0) is 22.5. The molecular weight excluding hydrogens is 406 g/mol. The van der Waals surface area contributed by atoms with Crippen molar-refractivity contribution in [2.75, 3.05) is 50.8 Å². The molecule has 7 nitrogen and oxygen atoms in total. The highest BCUT2D eigenvalue weighted by Gasteiger charge is 2.24. The molecule has 2 aromatic rings. The third kappa shape index (κ3) is 5.27. The van der Waals surface area contributed by atoms with E-state index in [1.807, 2.05) is 36.4 Å². The number of carbonyl (C=O) groups excluding carboxylic acids is 1. The molecule has 0 spiro atoms. The maximum absolute atomic E-state index is 12.9. The third-order valence-electron chi connectivity index (χ3n) is 6.08. The minimum absolute atomic E-state index is 0.0202. The molecule has 0 radical (unpaired) electrons. The van der Waals surface area contributed by atoms with Crippen LogP contribution in [0.1, 0.15) is 31.9 Å². The Kier molecular flexibility index (Phi) is 7.05. The van der Waals surface area contributed by atoms with Gasteiger partial charge in [-0.2, -0.15) is 0 Å². The fourth-order valence-corrected chi connectivity index (χ4v) is 4.31. The molecule has 0 aliphatic carbocycles. The average Bonchev–Trinajstić information content (AvgIpc) is 3.03. The number of aromatic hydroxyl groups is 1. The van der Waals surface area contributed by atoms with Crippen LogP contribution in [0, 0.1) is 5.92 Å². The standard InChI is InChI=1S/C25H33N3O4/c1-18(2)25(19-8-9-22-23(16-19)32-15-5-14-31-22)26-24(30)17-27-10-12-28(13-11-27)20-6-3-4-7-21(20)29/h3-4,6-9,16,18,25,29H,5,10-15,17H2,1-2H3,(H,26,30)/t25-/m0/s1. The number of para-hydroxylation sites is 2. The summed E-state index contributed by atoms with van der Waals surface area (Å²) in [4.78, 5) is 17.2. The van der Waals surface area contributed by atoms with Crippen molar-refractivity contribution in [1.29, 1.82) is 0 Å². The van der Waals surface area contributed by atoms with Gasteiger partial charge in [-0.25, -0.2) is 0 Å². The van der Waals surface area contributed by atoms with Crippen LogP contribution >= 0.6 is 0 Å². The second-order valence-electron chi connectivity index (χ2n) is 8.80.